The van der Waals surface area contributed by atoms with Crippen LogP contribution in [0.1, 0.15) is 44.1 Å². The molecule has 1 aromatic rings. The number of nitrogens with zero attached hydrogens (tertiary/aromatic N) is 2. The first-order chi connectivity index (χ1) is 12.1. The van der Waals surface area contributed by atoms with E-state index in [1.807, 2.05) is 18.2 Å². The van der Waals surface area contributed by atoms with Crippen molar-refractivity contribution in [2.45, 2.75) is 57.1 Å². The number of piperidine rings is 2. The number of hydrogen-bond acceptors (Lipinski definition) is 3. The molecule has 0 spiro atoms. The van der Waals surface area contributed by atoms with E-state index >= 15 is 0 Å². The van der Waals surface area contributed by atoms with Crippen LogP contribution in [0, 0.1) is 0 Å². The molecule has 140 valence electrons. The first-order valence-electron chi connectivity index (χ1n) is 9.45. The lowest BCUT2D eigenvalue weighted by molar-refractivity contribution is 0.0581. The lowest BCUT2D eigenvalue weighted by atomic mass is 9.98. The molecule has 2 fully saturated rings. The van der Waals surface area contributed by atoms with E-state index in [2.05, 4.69) is 12.1 Å². The third kappa shape index (κ3) is 4.61. The van der Waals surface area contributed by atoms with E-state index in [1.54, 1.807) is 15.7 Å². The Kier molecular flexibility index (Phi) is 6.49. The second kappa shape index (κ2) is 8.62. The largest absolute Gasteiger partial charge is 0.381 e. The number of ether oxygens (including phenoxy) is 1. The topological polar surface area (TPSA) is 49.9 Å². The zero-order valence-corrected chi connectivity index (χ0v) is 16.0. The Balaban J connectivity index is 1.65. The van der Waals surface area contributed by atoms with Gasteiger partial charge in [0.2, 0.25) is 0 Å². The number of hydrogen-bond donors (Lipinski definition) is 0. The van der Waals surface area contributed by atoms with Gasteiger partial charge in [-0.3, -0.25) is 0 Å². The van der Waals surface area contributed by atoms with E-state index < -0.39 is 10.2 Å². The number of rotatable bonds is 6. The minimum atomic E-state index is -3.36. The highest BCUT2D eigenvalue weighted by atomic mass is 32.2. The zero-order valence-electron chi connectivity index (χ0n) is 15.1. The van der Waals surface area contributed by atoms with Crippen molar-refractivity contribution in [3.63, 3.8) is 0 Å². The van der Waals surface area contributed by atoms with Crippen molar-refractivity contribution in [3.05, 3.63) is 35.9 Å². The van der Waals surface area contributed by atoms with Crippen molar-refractivity contribution < 1.29 is 13.2 Å². The molecule has 0 aromatic heterocycles. The fourth-order valence-electron chi connectivity index (χ4n) is 3.99. The Bertz CT molecular complexity index is 627. The minimum absolute atomic E-state index is 0.124. The van der Waals surface area contributed by atoms with Gasteiger partial charge >= 0.3 is 0 Å². The molecular weight excluding hydrogens is 336 g/mol. The average molecular weight is 367 g/mol. The Labute approximate surface area is 152 Å². The van der Waals surface area contributed by atoms with Gasteiger partial charge in [-0.05, 0) is 44.1 Å². The summed E-state index contributed by atoms with van der Waals surface area (Å²) >= 11 is 0. The molecule has 0 aliphatic carbocycles. The molecule has 0 amide bonds. The van der Waals surface area contributed by atoms with Crippen LogP contribution in [0.15, 0.2) is 30.3 Å². The van der Waals surface area contributed by atoms with E-state index in [4.69, 9.17) is 4.74 Å². The summed E-state index contributed by atoms with van der Waals surface area (Å²) < 4.78 is 35.2. The van der Waals surface area contributed by atoms with E-state index in [0.717, 1.165) is 44.9 Å². The fraction of sp³-hybridized carbons (Fsp3) is 0.684. The van der Waals surface area contributed by atoms with Crippen LogP contribution in [0.4, 0.5) is 0 Å². The number of benzene rings is 1. The molecule has 1 aromatic carbocycles. The van der Waals surface area contributed by atoms with Gasteiger partial charge in [0, 0.05) is 32.8 Å². The normalized spacial score (nSPS) is 24.4. The van der Waals surface area contributed by atoms with Crippen LogP contribution in [0.25, 0.3) is 0 Å². The van der Waals surface area contributed by atoms with E-state index in [1.165, 1.54) is 5.56 Å². The zero-order chi connectivity index (χ0) is 17.7. The summed E-state index contributed by atoms with van der Waals surface area (Å²) in [5.74, 6) is 0. The molecule has 2 saturated heterocycles. The van der Waals surface area contributed by atoms with E-state index in [9.17, 15) is 8.42 Å². The van der Waals surface area contributed by atoms with Gasteiger partial charge in [-0.15, -0.1) is 0 Å². The van der Waals surface area contributed by atoms with Crippen molar-refractivity contribution >= 4 is 10.2 Å². The van der Waals surface area contributed by atoms with Gasteiger partial charge in [-0.25, -0.2) is 0 Å². The quantitative estimate of drug-likeness (QED) is 0.778. The van der Waals surface area contributed by atoms with Gasteiger partial charge in [0.25, 0.3) is 10.2 Å². The van der Waals surface area contributed by atoms with Crippen molar-refractivity contribution in [3.8, 4) is 0 Å². The highest BCUT2D eigenvalue weighted by Gasteiger charge is 2.37. The summed E-state index contributed by atoms with van der Waals surface area (Å²) in [6.07, 6.45) is 6.67. The summed E-state index contributed by atoms with van der Waals surface area (Å²) in [7, 11) is -1.65. The monoisotopic (exact) mass is 366 g/mol. The van der Waals surface area contributed by atoms with Crippen LogP contribution in [0.5, 0.6) is 0 Å². The van der Waals surface area contributed by atoms with E-state index in [0.29, 0.717) is 19.6 Å². The Morgan fingerprint density at radius 1 is 1.04 bits per heavy atom. The summed E-state index contributed by atoms with van der Waals surface area (Å²) in [6, 6.07) is 10.5. The second-order valence-corrected chi connectivity index (χ2v) is 9.01. The molecule has 0 unspecified atom stereocenters. The Hall–Kier alpha value is -0.950. The van der Waals surface area contributed by atoms with E-state index in [-0.39, 0.29) is 12.1 Å². The van der Waals surface area contributed by atoms with Gasteiger partial charge in [-0.1, -0.05) is 36.8 Å². The number of aryl methyl sites for hydroxylation is 1. The average Bonchev–Trinajstić information content (AvgIpc) is 2.67. The first-order valence-corrected chi connectivity index (χ1v) is 10.8. The third-order valence-electron chi connectivity index (χ3n) is 5.54. The molecule has 0 saturated carbocycles. The van der Waals surface area contributed by atoms with Crippen LogP contribution in [0.2, 0.25) is 0 Å². The molecule has 5 nitrogen and oxygen atoms in total. The second-order valence-electron chi connectivity index (χ2n) is 7.13. The highest BCUT2D eigenvalue weighted by Crippen LogP contribution is 2.27. The molecule has 2 aliphatic heterocycles. The fourth-order valence-corrected chi connectivity index (χ4v) is 5.91. The highest BCUT2D eigenvalue weighted by molar-refractivity contribution is 7.86. The van der Waals surface area contributed by atoms with Crippen LogP contribution in [0.3, 0.4) is 0 Å². The molecular formula is C19H30N2O3S. The predicted octanol–water partition coefficient (Wildman–Crippen LogP) is 2.83. The van der Waals surface area contributed by atoms with Crippen molar-refractivity contribution in [1.82, 2.24) is 8.61 Å². The third-order valence-corrected chi connectivity index (χ3v) is 7.63. The summed E-state index contributed by atoms with van der Waals surface area (Å²) in [5, 5.41) is 0. The summed E-state index contributed by atoms with van der Waals surface area (Å²) in [5.41, 5.74) is 1.28. The minimum Gasteiger partial charge on any atom is -0.381 e. The van der Waals surface area contributed by atoms with Gasteiger partial charge in [0.05, 0.1) is 6.10 Å². The van der Waals surface area contributed by atoms with Crippen LogP contribution >= 0.6 is 0 Å². The van der Waals surface area contributed by atoms with Gasteiger partial charge in [-0.2, -0.15) is 17.0 Å². The molecule has 1 atom stereocenters. The molecule has 0 N–H and O–H groups in total. The Morgan fingerprint density at radius 2 is 1.76 bits per heavy atom. The van der Waals surface area contributed by atoms with Gasteiger partial charge in [0.15, 0.2) is 0 Å². The molecule has 3 rings (SSSR count). The lowest BCUT2D eigenvalue weighted by Crippen LogP contribution is -2.53. The van der Waals surface area contributed by atoms with Crippen LogP contribution < -0.4 is 0 Å². The van der Waals surface area contributed by atoms with Crippen LogP contribution in [-0.2, 0) is 21.4 Å². The maximum absolute atomic E-state index is 13.2. The molecule has 0 bridgehead atoms. The molecule has 0 radical (unpaired) electrons. The smallest absolute Gasteiger partial charge is 0.282 e. The Morgan fingerprint density at radius 3 is 2.44 bits per heavy atom. The first kappa shape index (κ1) is 18.8. The molecule has 25 heavy (non-hydrogen) atoms. The predicted molar refractivity (Wildman–Crippen MR) is 99.6 cm³/mol. The molecule has 6 heteroatoms. The lowest BCUT2D eigenvalue weighted by Gasteiger charge is -2.40. The van der Waals surface area contributed by atoms with Crippen molar-refractivity contribution in [2.75, 3.05) is 26.7 Å². The SMILES string of the molecule is COC1CCN(S(=O)(=O)N2CCCC[C@H]2CCc2ccccc2)CC1. The van der Waals surface area contributed by atoms with Crippen molar-refractivity contribution in [2.24, 2.45) is 0 Å². The van der Waals surface area contributed by atoms with Crippen LogP contribution in [-0.4, -0.2) is 55.9 Å². The maximum atomic E-state index is 13.2. The van der Waals surface area contributed by atoms with Gasteiger partial charge in [0.1, 0.15) is 0 Å². The molecule has 2 heterocycles. The van der Waals surface area contributed by atoms with Gasteiger partial charge < -0.3 is 4.74 Å². The summed E-state index contributed by atoms with van der Waals surface area (Å²) in [6.45, 7) is 1.80. The summed E-state index contributed by atoms with van der Waals surface area (Å²) in [4.78, 5) is 0. The number of methoxy groups -OCH3 is 1. The maximum Gasteiger partial charge on any atom is 0.282 e. The molecule has 2 aliphatic rings. The van der Waals surface area contributed by atoms with Crippen molar-refractivity contribution in [1.29, 1.82) is 0 Å². The standard InChI is InChI=1S/C19H30N2O3S/c1-24-19-12-15-20(16-13-19)25(22,23)21-14-6-5-9-18(21)11-10-17-7-3-2-4-8-17/h2-4,7-8,18-19H,5-6,9-16H2,1H3/t18-/m0/s1.